The van der Waals surface area contributed by atoms with E-state index in [1.54, 1.807) is 0 Å². The van der Waals surface area contributed by atoms with Crippen LogP contribution < -0.4 is 10.6 Å². The van der Waals surface area contributed by atoms with Crippen LogP contribution in [-0.2, 0) is 25.5 Å². The molecular weight excluding hydrogens is 420 g/mol. The number of anilines is 2. The number of benzene rings is 2. The molecule has 0 aliphatic carbocycles. The number of nitrogens with one attached hydrogen (secondary N) is 2. The van der Waals surface area contributed by atoms with Gasteiger partial charge < -0.3 is 20.1 Å². The normalized spacial score (nSPS) is 17.5. The van der Waals surface area contributed by atoms with Gasteiger partial charge in [-0.25, -0.2) is 0 Å². The van der Waals surface area contributed by atoms with Gasteiger partial charge in [-0.05, 0) is 41.8 Å². The van der Waals surface area contributed by atoms with Gasteiger partial charge in [0, 0.05) is 37.6 Å². The molecule has 0 radical (unpaired) electrons. The molecular formula is C25H32N4O4. The Balaban J connectivity index is 1.22. The van der Waals surface area contributed by atoms with Crippen LogP contribution in [-0.4, -0.2) is 87.3 Å². The summed E-state index contributed by atoms with van der Waals surface area (Å²) in [6.07, 6.45) is 0.782. The molecule has 33 heavy (non-hydrogen) atoms. The fourth-order valence-corrected chi connectivity index (χ4v) is 3.97. The van der Waals surface area contributed by atoms with E-state index in [2.05, 4.69) is 20.4 Å². The standard InChI is InChI=1S/C25H32N4O4/c30-24(18-28-9-13-32-14-10-28)26-22-5-1-20(2-6-22)17-21-3-7-23(8-4-21)27-25(31)19-29-11-15-33-16-12-29/h1-8H,9-19H2,(H,26,30)(H,27,31). The van der Waals surface area contributed by atoms with Crippen molar-refractivity contribution < 1.29 is 19.1 Å². The van der Waals surface area contributed by atoms with E-state index < -0.39 is 0 Å². The summed E-state index contributed by atoms with van der Waals surface area (Å²) in [7, 11) is 0. The van der Waals surface area contributed by atoms with E-state index in [1.165, 1.54) is 0 Å². The van der Waals surface area contributed by atoms with Crippen LogP contribution in [0, 0.1) is 0 Å². The third-order valence-electron chi connectivity index (χ3n) is 5.83. The molecule has 0 aromatic heterocycles. The lowest BCUT2D eigenvalue weighted by atomic mass is 10.0. The number of ether oxygens (including phenoxy) is 2. The molecule has 8 nitrogen and oxygen atoms in total. The first-order valence-electron chi connectivity index (χ1n) is 11.5. The lowest BCUT2D eigenvalue weighted by Crippen LogP contribution is -2.41. The SMILES string of the molecule is O=C(CN1CCOCC1)Nc1ccc(Cc2ccc(NC(=O)CN3CCOCC3)cc2)cc1. The smallest absolute Gasteiger partial charge is 0.238 e. The molecule has 0 atom stereocenters. The highest BCUT2D eigenvalue weighted by molar-refractivity contribution is 5.92. The summed E-state index contributed by atoms with van der Waals surface area (Å²) in [4.78, 5) is 28.7. The van der Waals surface area contributed by atoms with Gasteiger partial charge in [-0.3, -0.25) is 19.4 Å². The molecule has 8 heteroatoms. The van der Waals surface area contributed by atoms with Gasteiger partial charge in [-0.15, -0.1) is 0 Å². The maximum absolute atomic E-state index is 12.2. The first kappa shape index (κ1) is 23.4. The van der Waals surface area contributed by atoms with Crippen LogP contribution in [0.1, 0.15) is 11.1 Å². The number of morpholine rings is 2. The van der Waals surface area contributed by atoms with Crippen molar-refractivity contribution in [1.29, 1.82) is 0 Å². The van der Waals surface area contributed by atoms with Crippen molar-refractivity contribution in [2.45, 2.75) is 6.42 Å². The number of hydrogen-bond acceptors (Lipinski definition) is 6. The molecule has 0 saturated carbocycles. The molecule has 2 aliphatic heterocycles. The van der Waals surface area contributed by atoms with Gasteiger partial charge in [0.05, 0.1) is 39.5 Å². The number of hydrogen-bond donors (Lipinski definition) is 2. The molecule has 2 aromatic rings. The van der Waals surface area contributed by atoms with Crippen molar-refractivity contribution in [1.82, 2.24) is 9.80 Å². The van der Waals surface area contributed by atoms with Crippen molar-refractivity contribution in [3.8, 4) is 0 Å². The second-order valence-corrected chi connectivity index (χ2v) is 8.44. The summed E-state index contributed by atoms with van der Waals surface area (Å²) in [5, 5.41) is 5.93. The molecule has 0 bridgehead atoms. The lowest BCUT2D eigenvalue weighted by molar-refractivity contribution is -0.119. The fraction of sp³-hybridized carbons (Fsp3) is 0.440. The Morgan fingerprint density at radius 3 is 1.36 bits per heavy atom. The van der Waals surface area contributed by atoms with Crippen LogP contribution in [0.4, 0.5) is 11.4 Å². The van der Waals surface area contributed by atoms with E-state index in [9.17, 15) is 9.59 Å². The van der Waals surface area contributed by atoms with E-state index in [4.69, 9.17) is 9.47 Å². The van der Waals surface area contributed by atoms with Gasteiger partial charge >= 0.3 is 0 Å². The maximum atomic E-state index is 12.2. The van der Waals surface area contributed by atoms with Crippen molar-refractivity contribution in [3.05, 3.63) is 59.7 Å². The van der Waals surface area contributed by atoms with Crippen LogP contribution in [0.5, 0.6) is 0 Å². The lowest BCUT2D eigenvalue weighted by Gasteiger charge is -2.25. The summed E-state index contributed by atoms with van der Waals surface area (Å²) < 4.78 is 10.6. The van der Waals surface area contributed by atoms with Gasteiger partial charge in [0.25, 0.3) is 0 Å². The third kappa shape index (κ3) is 7.64. The van der Waals surface area contributed by atoms with Crippen molar-refractivity contribution in [2.75, 3.05) is 76.3 Å². The second kappa shape index (κ2) is 11.9. The summed E-state index contributed by atoms with van der Waals surface area (Å²) in [5.41, 5.74) is 3.92. The minimum absolute atomic E-state index is 0.00379. The Bertz CT molecular complexity index is 830. The molecule has 2 aromatic carbocycles. The largest absolute Gasteiger partial charge is 0.379 e. The highest BCUT2D eigenvalue weighted by Crippen LogP contribution is 2.16. The number of carbonyl (C=O) groups is 2. The Labute approximate surface area is 194 Å². The van der Waals surface area contributed by atoms with Crippen molar-refractivity contribution in [3.63, 3.8) is 0 Å². The van der Waals surface area contributed by atoms with E-state index >= 15 is 0 Å². The van der Waals surface area contributed by atoms with Crippen LogP contribution in [0.15, 0.2) is 48.5 Å². The molecule has 4 rings (SSSR count). The van der Waals surface area contributed by atoms with Gasteiger partial charge in [0.1, 0.15) is 0 Å². The molecule has 176 valence electrons. The summed E-state index contributed by atoms with van der Waals surface area (Å²) in [5.74, 6) is -0.00758. The first-order chi connectivity index (χ1) is 16.1. The molecule has 2 fully saturated rings. The van der Waals surface area contributed by atoms with Crippen molar-refractivity contribution >= 4 is 23.2 Å². The Morgan fingerprint density at radius 2 is 1.00 bits per heavy atom. The Hall–Kier alpha value is -2.78. The summed E-state index contributed by atoms with van der Waals surface area (Å²) >= 11 is 0. The molecule has 2 aliphatic rings. The van der Waals surface area contributed by atoms with Crippen molar-refractivity contribution in [2.24, 2.45) is 0 Å². The molecule has 2 N–H and O–H groups in total. The van der Waals surface area contributed by atoms with Gasteiger partial charge in [-0.1, -0.05) is 24.3 Å². The highest BCUT2D eigenvalue weighted by atomic mass is 16.5. The zero-order chi connectivity index (χ0) is 22.9. The predicted molar refractivity (Wildman–Crippen MR) is 127 cm³/mol. The number of amides is 2. The average molecular weight is 453 g/mol. The zero-order valence-electron chi connectivity index (χ0n) is 18.9. The first-order valence-corrected chi connectivity index (χ1v) is 11.5. The predicted octanol–water partition coefficient (Wildman–Crippen LogP) is 1.82. The Kier molecular flexibility index (Phi) is 8.43. The summed E-state index contributed by atoms with van der Waals surface area (Å²) in [6.45, 7) is 6.69. The average Bonchev–Trinajstić information content (AvgIpc) is 2.83. The van der Waals surface area contributed by atoms with Gasteiger partial charge in [-0.2, -0.15) is 0 Å². The monoisotopic (exact) mass is 452 g/mol. The second-order valence-electron chi connectivity index (χ2n) is 8.44. The number of carbonyl (C=O) groups excluding carboxylic acids is 2. The van der Waals surface area contributed by atoms with Crippen LogP contribution in [0.3, 0.4) is 0 Å². The zero-order valence-corrected chi connectivity index (χ0v) is 18.9. The van der Waals surface area contributed by atoms with Crippen LogP contribution in [0.2, 0.25) is 0 Å². The maximum Gasteiger partial charge on any atom is 0.238 e. The van der Waals surface area contributed by atoms with Gasteiger partial charge in [0.15, 0.2) is 0 Å². The topological polar surface area (TPSA) is 83.1 Å². The van der Waals surface area contributed by atoms with Crippen LogP contribution in [0.25, 0.3) is 0 Å². The van der Waals surface area contributed by atoms with Crippen LogP contribution >= 0.6 is 0 Å². The Morgan fingerprint density at radius 1 is 0.636 bits per heavy atom. The fourth-order valence-electron chi connectivity index (χ4n) is 3.97. The van der Waals surface area contributed by atoms with E-state index in [1.807, 2.05) is 48.5 Å². The molecule has 2 heterocycles. The third-order valence-corrected chi connectivity index (χ3v) is 5.83. The highest BCUT2D eigenvalue weighted by Gasteiger charge is 2.15. The quantitative estimate of drug-likeness (QED) is 0.636. The molecule has 2 saturated heterocycles. The van der Waals surface area contributed by atoms with E-state index in [0.29, 0.717) is 39.5 Å². The number of nitrogens with zero attached hydrogens (tertiary/aromatic N) is 2. The van der Waals surface area contributed by atoms with Gasteiger partial charge in [0.2, 0.25) is 11.8 Å². The summed E-state index contributed by atoms with van der Waals surface area (Å²) in [6, 6.07) is 15.9. The minimum Gasteiger partial charge on any atom is -0.379 e. The minimum atomic E-state index is -0.00379. The van der Waals surface area contributed by atoms with E-state index in [-0.39, 0.29) is 11.8 Å². The number of rotatable bonds is 8. The molecule has 0 unspecified atom stereocenters. The molecule has 2 amide bonds. The molecule has 0 spiro atoms. The van der Waals surface area contributed by atoms with E-state index in [0.717, 1.165) is 55.1 Å².